The summed E-state index contributed by atoms with van der Waals surface area (Å²) in [6, 6.07) is 4.99. The number of carbonyl (C=O) groups excluding carboxylic acids is 1. The minimum atomic E-state index is -0.210. The van der Waals surface area contributed by atoms with Gasteiger partial charge in [0, 0.05) is 0 Å². The molecule has 0 atom stereocenters. The van der Waals surface area contributed by atoms with Crippen molar-refractivity contribution in [3.05, 3.63) is 28.7 Å². The Bertz CT molecular complexity index is 540. The summed E-state index contributed by atoms with van der Waals surface area (Å²) in [5, 5.41) is 12.3. The van der Waals surface area contributed by atoms with E-state index in [1.54, 1.807) is 24.3 Å². The Kier molecular flexibility index (Phi) is 3.88. The number of aromatic hydroxyl groups is 1. The van der Waals surface area contributed by atoms with Crippen LogP contribution in [0.25, 0.3) is 6.08 Å². The summed E-state index contributed by atoms with van der Waals surface area (Å²) in [6.07, 6.45) is 1.68. The maximum Gasteiger partial charge on any atom is 0.263 e. The minimum absolute atomic E-state index is 0.0529. The molecule has 1 fully saturated rings. The third kappa shape index (κ3) is 2.83. The summed E-state index contributed by atoms with van der Waals surface area (Å²) in [5.74, 6) is 0.272. The molecule has 2 rings (SSSR count). The molecule has 1 aromatic carbocycles. The molecule has 0 aliphatic carbocycles. The van der Waals surface area contributed by atoms with Gasteiger partial charge in [-0.05, 0) is 30.7 Å². The number of ether oxygens (including phenoxy) is 1. The first-order valence-electron chi connectivity index (χ1n) is 5.31. The van der Waals surface area contributed by atoms with Crippen LogP contribution in [0.5, 0.6) is 11.5 Å². The molecule has 0 radical (unpaired) electrons. The Morgan fingerprint density at radius 2 is 2.33 bits per heavy atom. The van der Waals surface area contributed by atoms with Crippen molar-refractivity contribution in [1.29, 1.82) is 0 Å². The highest BCUT2D eigenvalue weighted by molar-refractivity contribution is 8.26. The standard InChI is InChI=1S/C12H11NO3S2/c1-2-16-9-4-3-7(5-8(9)14)6-10-11(15)13-12(17)18-10/h3-6,14H,2H2,1H3,(H,13,15,17)/b10-6+. The number of hydrogen-bond donors (Lipinski definition) is 2. The van der Waals surface area contributed by atoms with E-state index in [2.05, 4.69) is 5.32 Å². The van der Waals surface area contributed by atoms with Crippen molar-refractivity contribution >= 4 is 40.3 Å². The summed E-state index contributed by atoms with van der Waals surface area (Å²) in [6.45, 7) is 2.33. The predicted molar refractivity (Wildman–Crippen MR) is 75.6 cm³/mol. The van der Waals surface area contributed by atoms with Gasteiger partial charge in [0.05, 0.1) is 11.5 Å². The van der Waals surface area contributed by atoms with E-state index >= 15 is 0 Å². The lowest BCUT2D eigenvalue weighted by Gasteiger charge is -2.06. The first-order valence-corrected chi connectivity index (χ1v) is 6.53. The molecule has 1 aliphatic rings. The first kappa shape index (κ1) is 12.9. The summed E-state index contributed by atoms with van der Waals surface area (Å²) in [5.41, 5.74) is 0.721. The highest BCUT2D eigenvalue weighted by Gasteiger charge is 2.21. The van der Waals surface area contributed by atoms with Gasteiger partial charge in [0.1, 0.15) is 4.32 Å². The van der Waals surface area contributed by atoms with E-state index in [1.165, 1.54) is 11.8 Å². The number of amides is 1. The number of phenolic OH excluding ortho intramolecular Hbond substituents is 1. The quantitative estimate of drug-likeness (QED) is 0.657. The van der Waals surface area contributed by atoms with Crippen molar-refractivity contribution in [2.75, 3.05) is 6.61 Å². The lowest BCUT2D eigenvalue weighted by atomic mass is 10.2. The number of nitrogens with one attached hydrogen (secondary N) is 1. The van der Waals surface area contributed by atoms with Crippen LogP contribution < -0.4 is 10.1 Å². The Hall–Kier alpha value is -1.53. The molecule has 1 aliphatic heterocycles. The third-order valence-corrected chi connectivity index (χ3v) is 3.39. The van der Waals surface area contributed by atoms with E-state index in [-0.39, 0.29) is 11.7 Å². The van der Waals surface area contributed by atoms with Crippen molar-refractivity contribution in [1.82, 2.24) is 5.32 Å². The second-order valence-corrected chi connectivity index (χ2v) is 5.23. The summed E-state index contributed by atoms with van der Waals surface area (Å²) in [7, 11) is 0. The molecule has 0 saturated carbocycles. The Balaban J connectivity index is 2.25. The smallest absolute Gasteiger partial charge is 0.263 e. The molecule has 18 heavy (non-hydrogen) atoms. The maximum atomic E-state index is 11.5. The second-order valence-electron chi connectivity index (χ2n) is 3.51. The third-order valence-electron chi connectivity index (χ3n) is 2.22. The largest absolute Gasteiger partial charge is 0.504 e. The fourth-order valence-corrected chi connectivity index (χ4v) is 2.52. The molecule has 0 unspecified atom stereocenters. The van der Waals surface area contributed by atoms with E-state index in [0.29, 0.717) is 21.6 Å². The fraction of sp³-hybridized carbons (Fsp3) is 0.167. The van der Waals surface area contributed by atoms with Crippen LogP contribution in [0.2, 0.25) is 0 Å². The summed E-state index contributed by atoms with van der Waals surface area (Å²) in [4.78, 5) is 12.0. The molecule has 0 aromatic heterocycles. The number of phenols is 1. The SMILES string of the molecule is CCOc1ccc(/C=C2/SC(=S)NC2=O)cc1O. The van der Waals surface area contributed by atoms with E-state index < -0.39 is 0 Å². The van der Waals surface area contributed by atoms with Crippen LogP contribution >= 0.6 is 24.0 Å². The van der Waals surface area contributed by atoms with Crippen LogP contribution in [-0.2, 0) is 4.79 Å². The van der Waals surface area contributed by atoms with Gasteiger partial charge in [-0.2, -0.15) is 0 Å². The van der Waals surface area contributed by atoms with Crippen LogP contribution in [-0.4, -0.2) is 21.9 Å². The van der Waals surface area contributed by atoms with Crippen molar-refractivity contribution < 1.29 is 14.6 Å². The van der Waals surface area contributed by atoms with Gasteiger partial charge in [-0.15, -0.1) is 0 Å². The molecule has 0 bridgehead atoms. The Labute approximate surface area is 114 Å². The number of thioether (sulfide) groups is 1. The number of thiocarbonyl (C=S) groups is 1. The Morgan fingerprint density at radius 3 is 2.89 bits per heavy atom. The number of benzene rings is 1. The maximum absolute atomic E-state index is 11.5. The van der Waals surface area contributed by atoms with Gasteiger partial charge < -0.3 is 15.2 Å². The van der Waals surface area contributed by atoms with Crippen LogP contribution in [0.15, 0.2) is 23.1 Å². The highest BCUT2D eigenvalue weighted by Crippen LogP contribution is 2.30. The topological polar surface area (TPSA) is 58.6 Å². The molecule has 1 saturated heterocycles. The molecule has 1 heterocycles. The van der Waals surface area contributed by atoms with E-state index in [1.807, 2.05) is 6.92 Å². The number of carbonyl (C=O) groups is 1. The van der Waals surface area contributed by atoms with E-state index in [4.69, 9.17) is 17.0 Å². The molecule has 0 spiro atoms. The lowest BCUT2D eigenvalue weighted by molar-refractivity contribution is -0.115. The van der Waals surface area contributed by atoms with Crippen molar-refractivity contribution in [2.24, 2.45) is 0 Å². The van der Waals surface area contributed by atoms with Gasteiger partial charge in [0.15, 0.2) is 11.5 Å². The average Bonchev–Trinajstić information content (AvgIpc) is 2.61. The van der Waals surface area contributed by atoms with Gasteiger partial charge >= 0.3 is 0 Å². The zero-order valence-electron chi connectivity index (χ0n) is 9.60. The zero-order valence-corrected chi connectivity index (χ0v) is 11.2. The van der Waals surface area contributed by atoms with Gasteiger partial charge in [-0.1, -0.05) is 30.0 Å². The van der Waals surface area contributed by atoms with Gasteiger partial charge in [0.2, 0.25) is 0 Å². The van der Waals surface area contributed by atoms with Crippen molar-refractivity contribution in [2.45, 2.75) is 6.92 Å². The van der Waals surface area contributed by atoms with Gasteiger partial charge in [-0.25, -0.2) is 0 Å². The lowest BCUT2D eigenvalue weighted by Crippen LogP contribution is -2.17. The van der Waals surface area contributed by atoms with Crippen molar-refractivity contribution in [3.8, 4) is 11.5 Å². The number of rotatable bonds is 3. The van der Waals surface area contributed by atoms with Crippen LogP contribution in [0.1, 0.15) is 12.5 Å². The van der Waals surface area contributed by atoms with Gasteiger partial charge in [-0.3, -0.25) is 4.79 Å². The molecule has 2 N–H and O–H groups in total. The normalized spacial score (nSPS) is 17.1. The van der Waals surface area contributed by atoms with Crippen LogP contribution in [0.4, 0.5) is 0 Å². The van der Waals surface area contributed by atoms with E-state index in [9.17, 15) is 9.90 Å². The molecular formula is C12H11NO3S2. The molecule has 1 amide bonds. The zero-order chi connectivity index (χ0) is 13.1. The van der Waals surface area contributed by atoms with Gasteiger partial charge in [0.25, 0.3) is 5.91 Å². The molecule has 6 heteroatoms. The fourth-order valence-electron chi connectivity index (χ4n) is 1.47. The van der Waals surface area contributed by atoms with E-state index in [0.717, 1.165) is 5.56 Å². The second kappa shape index (κ2) is 5.41. The molecule has 1 aromatic rings. The first-order chi connectivity index (χ1) is 8.60. The number of hydrogen-bond acceptors (Lipinski definition) is 5. The summed E-state index contributed by atoms with van der Waals surface area (Å²) >= 11 is 6.10. The summed E-state index contributed by atoms with van der Waals surface area (Å²) < 4.78 is 5.67. The highest BCUT2D eigenvalue weighted by atomic mass is 32.2. The molecule has 4 nitrogen and oxygen atoms in total. The average molecular weight is 281 g/mol. The predicted octanol–water partition coefficient (Wildman–Crippen LogP) is 2.28. The monoisotopic (exact) mass is 281 g/mol. The van der Waals surface area contributed by atoms with Crippen LogP contribution in [0, 0.1) is 0 Å². The molecular weight excluding hydrogens is 270 g/mol. The van der Waals surface area contributed by atoms with Crippen molar-refractivity contribution in [3.63, 3.8) is 0 Å². The van der Waals surface area contributed by atoms with Crippen LogP contribution in [0.3, 0.4) is 0 Å². The Morgan fingerprint density at radius 1 is 1.56 bits per heavy atom. The minimum Gasteiger partial charge on any atom is -0.504 e. The molecule has 94 valence electrons.